The fourth-order valence-electron chi connectivity index (χ4n) is 0.906. The van der Waals surface area contributed by atoms with E-state index in [1.807, 2.05) is 0 Å². The molecule has 0 atom stereocenters. The number of nitro groups is 1. The molecule has 5 nitrogen and oxygen atoms in total. The van der Waals surface area contributed by atoms with Gasteiger partial charge in [0, 0.05) is 12.1 Å². The summed E-state index contributed by atoms with van der Waals surface area (Å²) in [5, 5.41) is 12.6. The number of nitrogens with one attached hydrogen (secondary N) is 1. The lowest BCUT2D eigenvalue weighted by Gasteiger charge is -2.04. The number of hydrogen-bond acceptors (Lipinski definition) is 3. The van der Waals surface area contributed by atoms with Gasteiger partial charge in [-0.1, -0.05) is 11.6 Å². The number of carbonyl (C=O) groups excluding carboxylic acids is 1. The Labute approximate surface area is 89.0 Å². The van der Waals surface area contributed by atoms with Crippen LogP contribution in [0.4, 0.5) is 15.8 Å². The number of non-ortho nitro benzene ring substituents is 1. The van der Waals surface area contributed by atoms with E-state index in [2.05, 4.69) is 5.32 Å². The molecule has 0 spiro atoms. The number of alkyl halides is 1. The Balaban J connectivity index is 3.00. The van der Waals surface area contributed by atoms with Gasteiger partial charge in [0.25, 0.3) is 11.6 Å². The Morgan fingerprint density at radius 2 is 2.27 bits per heavy atom. The first-order chi connectivity index (χ1) is 7.04. The SMILES string of the molecule is O=C(CF)Nc1cc([N+](=O)[O-])ccc1Cl. The van der Waals surface area contributed by atoms with E-state index in [1.54, 1.807) is 0 Å². The predicted molar refractivity (Wildman–Crippen MR) is 52.7 cm³/mol. The lowest BCUT2D eigenvalue weighted by atomic mass is 10.3. The van der Waals surface area contributed by atoms with Crippen molar-refractivity contribution in [2.24, 2.45) is 0 Å². The molecule has 0 saturated carbocycles. The predicted octanol–water partition coefficient (Wildman–Crippen LogP) is 2.16. The van der Waals surface area contributed by atoms with Crippen molar-refractivity contribution < 1.29 is 14.1 Å². The van der Waals surface area contributed by atoms with Crippen molar-refractivity contribution in [3.8, 4) is 0 Å². The van der Waals surface area contributed by atoms with Crippen LogP contribution in [0.5, 0.6) is 0 Å². The first-order valence-electron chi connectivity index (χ1n) is 3.84. The number of nitrogens with zero attached hydrogens (tertiary/aromatic N) is 1. The molecule has 0 aliphatic heterocycles. The zero-order valence-electron chi connectivity index (χ0n) is 7.37. The molecule has 1 aromatic carbocycles. The van der Waals surface area contributed by atoms with Gasteiger partial charge < -0.3 is 5.32 Å². The standard InChI is InChI=1S/C8H6ClFN2O3/c9-6-2-1-5(12(14)15)3-7(6)11-8(13)4-10/h1-3H,4H2,(H,11,13). The molecule has 1 rings (SSSR count). The molecule has 1 N–H and O–H groups in total. The number of hydrogen-bond donors (Lipinski definition) is 1. The van der Waals surface area contributed by atoms with Crippen LogP contribution < -0.4 is 5.32 Å². The third-order valence-electron chi connectivity index (χ3n) is 1.56. The summed E-state index contributed by atoms with van der Waals surface area (Å²) in [5.41, 5.74) is -0.206. The summed E-state index contributed by atoms with van der Waals surface area (Å²) < 4.78 is 11.9. The summed E-state index contributed by atoms with van der Waals surface area (Å²) in [7, 11) is 0. The minimum absolute atomic E-state index is 0.0218. The van der Waals surface area contributed by atoms with E-state index in [0.29, 0.717) is 0 Å². The van der Waals surface area contributed by atoms with Gasteiger partial charge in [0.15, 0.2) is 6.67 Å². The molecule has 0 heterocycles. The molecular weight excluding hydrogens is 227 g/mol. The highest BCUT2D eigenvalue weighted by atomic mass is 35.5. The quantitative estimate of drug-likeness (QED) is 0.641. The van der Waals surface area contributed by atoms with Crippen molar-refractivity contribution in [2.45, 2.75) is 0 Å². The topological polar surface area (TPSA) is 72.2 Å². The maximum atomic E-state index is 11.9. The van der Waals surface area contributed by atoms with E-state index < -0.39 is 17.5 Å². The van der Waals surface area contributed by atoms with Gasteiger partial charge in [-0.05, 0) is 6.07 Å². The van der Waals surface area contributed by atoms with Crippen LogP contribution in [0.2, 0.25) is 5.02 Å². The first kappa shape index (κ1) is 11.4. The highest BCUT2D eigenvalue weighted by Gasteiger charge is 2.11. The van der Waals surface area contributed by atoms with Crippen LogP contribution in [0.25, 0.3) is 0 Å². The smallest absolute Gasteiger partial charge is 0.271 e. The van der Waals surface area contributed by atoms with Crippen LogP contribution >= 0.6 is 11.6 Å². The maximum absolute atomic E-state index is 11.9. The highest BCUT2D eigenvalue weighted by Crippen LogP contribution is 2.26. The van der Waals surface area contributed by atoms with Gasteiger partial charge in [-0.15, -0.1) is 0 Å². The van der Waals surface area contributed by atoms with E-state index >= 15 is 0 Å². The molecule has 0 aliphatic carbocycles. The molecule has 0 aromatic heterocycles. The normalized spacial score (nSPS) is 9.73. The average molecular weight is 233 g/mol. The fourth-order valence-corrected chi connectivity index (χ4v) is 1.07. The second kappa shape index (κ2) is 4.70. The van der Waals surface area contributed by atoms with Crippen molar-refractivity contribution in [3.63, 3.8) is 0 Å². The molecular formula is C8H6ClFN2O3. The Morgan fingerprint density at radius 1 is 1.60 bits per heavy atom. The number of halogens is 2. The monoisotopic (exact) mass is 232 g/mol. The lowest BCUT2D eigenvalue weighted by Crippen LogP contribution is -2.13. The van der Waals surface area contributed by atoms with E-state index in [4.69, 9.17) is 11.6 Å². The van der Waals surface area contributed by atoms with Crippen molar-refractivity contribution in [1.82, 2.24) is 0 Å². The number of carbonyl (C=O) groups is 1. The fraction of sp³-hybridized carbons (Fsp3) is 0.125. The van der Waals surface area contributed by atoms with E-state index in [1.165, 1.54) is 12.1 Å². The molecule has 0 unspecified atom stereocenters. The third kappa shape index (κ3) is 2.88. The third-order valence-corrected chi connectivity index (χ3v) is 1.89. The molecule has 1 aromatic rings. The summed E-state index contributed by atoms with van der Waals surface area (Å²) in [6.07, 6.45) is 0. The second-order valence-electron chi connectivity index (χ2n) is 2.60. The minimum atomic E-state index is -1.21. The maximum Gasteiger partial charge on any atom is 0.271 e. The number of amides is 1. The van der Waals surface area contributed by atoms with Gasteiger partial charge in [-0.25, -0.2) is 4.39 Å². The molecule has 0 aliphatic rings. The molecule has 0 bridgehead atoms. The Hall–Kier alpha value is -1.69. The van der Waals surface area contributed by atoms with Crippen molar-refractivity contribution in [1.29, 1.82) is 0 Å². The van der Waals surface area contributed by atoms with Gasteiger partial charge >= 0.3 is 0 Å². The van der Waals surface area contributed by atoms with Crippen LogP contribution in [-0.4, -0.2) is 17.5 Å². The van der Waals surface area contributed by atoms with E-state index in [9.17, 15) is 19.3 Å². The van der Waals surface area contributed by atoms with Gasteiger partial charge in [-0.2, -0.15) is 0 Å². The zero-order valence-corrected chi connectivity index (χ0v) is 8.12. The van der Waals surface area contributed by atoms with Crippen LogP contribution in [0, 0.1) is 10.1 Å². The molecule has 0 radical (unpaired) electrons. The number of nitro benzene ring substituents is 1. The van der Waals surface area contributed by atoms with Crippen LogP contribution in [0.3, 0.4) is 0 Å². The van der Waals surface area contributed by atoms with Gasteiger partial charge in [0.1, 0.15) is 0 Å². The van der Waals surface area contributed by atoms with Crippen molar-refractivity contribution >= 4 is 28.9 Å². The van der Waals surface area contributed by atoms with Gasteiger partial charge in [-0.3, -0.25) is 14.9 Å². The summed E-state index contributed by atoms with van der Waals surface area (Å²) in [6.45, 7) is -1.21. The van der Waals surface area contributed by atoms with E-state index in [0.717, 1.165) is 6.07 Å². The number of benzene rings is 1. The molecule has 1 amide bonds. The molecule has 0 saturated heterocycles. The zero-order chi connectivity index (χ0) is 11.4. The van der Waals surface area contributed by atoms with Crippen molar-refractivity contribution in [2.75, 3.05) is 12.0 Å². The number of anilines is 1. The molecule has 80 valence electrons. The van der Waals surface area contributed by atoms with Gasteiger partial charge in [0.2, 0.25) is 0 Å². The molecule has 0 fully saturated rings. The molecule has 15 heavy (non-hydrogen) atoms. The van der Waals surface area contributed by atoms with Gasteiger partial charge in [0.05, 0.1) is 15.6 Å². The summed E-state index contributed by atoms with van der Waals surface area (Å²) in [5.74, 6) is -0.905. The van der Waals surface area contributed by atoms with Crippen molar-refractivity contribution in [3.05, 3.63) is 33.3 Å². The average Bonchev–Trinajstić information content (AvgIpc) is 2.20. The second-order valence-corrected chi connectivity index (χ2v) is 3.01. The van der Waals surface area contributed by atoms with Crippen LogP contribution in [-0.2, 0) is 4.79 Å². The number of rotatable bonds is 3. The van der Waals surface area contributed by atoms with Crippen LogP contribution in [0.1, 0.15) is 0 Å². The highest BCUT2D eigenvalue weighted by molar-refractivity contribution is 6.33. The Bertz CT molecular complexity index is 411. The largest absolute Gasteiger partial charge is 0.322 e. The van der Waals surface area contributed by atoms with E-state index in [-0.39, 0.29) is 16.4 Å². The summed E-state index contributed by atoms with van der Waals surface area (Å²) in [6, 6.07) is 3.51. The first-order valence-corrected chi connectivity index (χ1v) is 4.22. The Kier molecular flexibility index (Phi) is 3.56. The van der Waals surface area contributed by atoms with Crippen LogP contribution in [0.15, 0.2) is 18.2 Å². The minimum Gasteiger partial charge on any atom is -0.322 e. The lowest BCUT2D eigenvalue weighted by molar-refractivity contribution is -0.384. The molecule has 7 heteroatoms. The Morgan fingerprint density at radius 3 is 2.80 bits per heavy atom. The summed E-state index contributed by atoms with van der Waals surface area (Å²) in [4.78, 5) is 20.5. The summed E-state index contributed by atoms with van der Waals surface area (Å²) >= 11 is 5.64.